The summed E-state index contributed by atoms with van der Waals surface area (Å²) in [5.41, 5.74) is -2.86. The van der Waals surface area contributed by atoms with E-state index in [4.69, 9.17) is 4.74 Å². The van der Waals surface area contributed by atoms with Gasteiger partial charge in [-0.25, -0.2) is 0 Å². The number of nitrogens with zero attached hydrogens (tertiary/aromatic N) is 4. The zero-order valence-electron chi connectivity index (χ0n) is 15.7. The molecular formula is C19H20F4N4O2. The van der Waals surface area contributed by atoms with Crippen molar-refractivity contribution in [3.8, 4) is 0 Å². The summed E-state index contributed by atoms with van der Waals surface area (Å²) in [6.45, 7) is 1.45. The van der Waals surface area contributed by atoms with E-state index in [9.17, 15) is 22.4 Å². The molecule has 1 aromatic carbocycles. The zero-order valence-corrected chi connectivity index (χ0v) is 15.7. The molecule has 6 nitrogen and oxygen atoms in total. The van der Waals surface area contributed by atoms with Gasteiger partial charge in [0.05, 0.1) is 19.8 Å². The molecule has 1 saturated heterocycles. The van der Waals surface area contributed by atoms with Crippen molar-refractivity contribution in [3.63, 3.8) is 0 Å². The second kappa shape index (κ2) is 7.01. The van der Waals surface area contributed by atoms with Crippen molar-refractivity contribution < 1.29 is 22.3 Å². The predicted octanol–water partition coefficient (Wildman–Crippen LogP) is 2.56. The van der Waals surface area contributed by atoms with Crippen LogP contribution in [-0.2, 0) is 17.8 Å². The van der Waals surface area contributed by atoms with Gasteiger partial charge in [0.15, 0.2) is 11.4 Å². The highest BCUT2D eigenvalue weighted by atomic mass is 19.4. The highest BCUT2D eigenvalue weighted by Gasteiger charge is 2.60. The monoisotopic (exact) mass is 412 g/mol. The minimum absolute atomic E-state index is 0.114. The first-order chi connectivity index (χ1) is 13.7. The van der Waals surface area contributed by atoms with Gasteiger partial charge in [-0.15, -0.1) is 0 Å². The Balaban J connectivity index is 1.84. The minimum atomic E-state index is -4.66. The quantitative estimate of drug-likeness (QED) is 0.726. The van der Waals surface area contributed by atoms with Crippen molar-refractivity contribution in [2.24, 2.45) is 0 Å². The molecule has 0 aliphatic carbocycles. The molecule has 29 heavy (non-hydrogen) atoms. The van der Waals surface area contributed by atoms with Gasteiger partial charge in [0.25, 0.3) is 5.56 Å². The summed E-state index contributed by atoms with van der Waals surface area (Å²) in [6.07, 6.45) is -4.66. The smallest absolute Gasteiger partial charge is 0.378 e. The van der Waals surface area contributed by atoms with Crippen LogP contribution in [0.5, 0.6) is 0 Å². The molecule has 156 valence electrons. The average Bonchev–Trinajstić information content (AvgIpc) is 2.99. The van der Waals surface area contributed by atoms with Crippen molar-refractivity contribution in [2.45, 2.75) is 31.7 Å². The fourth-order valence-electron chi connectivity index (χ4n) is 3.71. The van der Waals surface area contributed by atoms with Crippen LogP contribution in [0.25, 0.3) is 0 Å². The number of alkyl halides is 3. The third kappa shape index (κ3) is 3.25. The van der Waals surface area contributed by atoms with Gasteiger partial charge >= 0.3 is 6.18 Å². The van der Waals surface area contributed by atoms with Crippen LogP contribution in [0, 0.1) is 5.82 Å². The largest absolute Gasteiger partial charge is 0.413 e. The van der Waals surface area contributed by atoms with Gasteiger partial charge in [0.2, 0.25) is 11.8 Å². The molecule has 4 rings (SSSR count). The van der Waals surface area contributed by atoms with E-state index in [-0.39, 0.29) is 18.3 Å². The zero-order chi connectivity index (χ0) is 20.8. The lowest BCUT2D eigenvalue weighted by Crippen LogP contribution is -2.55. The van der Waals surface area contributed by atoms with Crippen LogP contribution in [0.15, 0.2) is 35.1 Å². The maximum atomic E-state index is 14.8. The van der Waals surface area contributed by atoms with Gasteiger partial charge in [-0.1, -0.05) is 30.3 Å². The number of anilines is 2. The molecule has 0 spiro atoms. The van der Waals surface area contributed by atoms with Gasteiger partial charge in [-0.3, -0.25) is 9.36 Å². The Morgan fingerprint density at radius 3 is 2.45 bits per heavy atom. The van der Waals surface area contributed by atoms with E-state index in [1.807, 2.05) is 0 Å². The van der Waals surface area contributed by atoms with Gasteiger partial charge in [0.1, 0.15) is 0 Å². The number of morpholine rings is 1. The summed E-state index contributed by atoms with van der Waals surface area (Å²) in [7, 11) is 0. The highest BCUT2D eigenvalue weighted by Crippen LogP contribution is 2.44. The van der Waals surface area contributed by atoms with Crippen LogP contribution in [-0.4, -0.2) is 47.6 Å². The number of aromatic nitrogens is 2. The molecule has 2 aliphatic rings. The SMILES string of the molecule is CC1(C(F)(F)F)Cn2c(nc(N3CCOCC3)c(F)c2=O)N1Cc1ccccc1. The summed E-state index contributed by atoms with van der Waals surface area (Å²) >= 11 is 0. The Morgan fingerprint density at radius 2 is 1.83 bits per heavy atom. The van der Waals surface area contributed by atoms with E-state index in [0.29, 0.717) is 31.9 Å². The Bertz CT molecular complexity index is 957. The van der Waals surface area contributed by atoms with Crippen LogP contribution in [0.3, 0.4) is 0 Å². The van der Waals surface area contributed by atoms with E-state index in [1.54, 1.807) is 30.3 Å². The van der Waals surface area contributed by atoms with Crippen molar-refractivity contribution in [1.82, 2.24) is 9.55 Å². The molecular weight excluding hydrogens is 392 g/mol. The highest BCUT2D eigenvalue weighted by molar-refractivity contribution is 5.51. The third-order valence-corrected chi connectivity index (χ3v) is 5.48. The molecule has 1 aromatic heterocycles. The topological polar surface area (TPSA) is 50.6 Å². The van der Waals surface area contributed by atoms with E-state index >= 15 is 0 Å². The Morgan fingerprint density at radius 1 is 1.17 bits per heavy atom. The molecule has 2 aliphatic heterocycles. The lowest BCUT2D eigenvalue weighted by molar-refractivity contribution is -0.182. The predicted molar refractivity (Wildman–Crippen MR) is 98.6 cm³/mol. The Kier molecular flexibility index (Phi) is 4.76. The first-order valence-electron chi connectivity index (χ1n) is 9.24. The normalized spacial score (nSPS) is 22.1. The van der Waals surface area contributed by atoms with Crippen LogP contribution in [0.1, 0.15) is 12.5 Å². The summed E-state index contributed by atoms with van der Waals surface area (Å²) in [5, 5.41) is 0. The summed E-state index contributed by atoms with van der Waals surface area (Å²) in [6, 6.07) is 8.61. The van der Waals surface area contributed by atoms with Gasteiger partial charge in [-0.2, -0.15) is 22.5 Å². The lowest BCUT2D eigenvalue weighted by atomic mass is 10.00. The molecule has 3 heterocycles. The first-order valence-corrected chi connectivity index (χ1v) is 9.24. The molecule has 1 atom stereocenters. The minimum Gasteiger partial charge on any atom is -0.378 e. The van der Waals surface area contributed by atoms with E-state index in [0.717, 1.165) is 16.4 Å². The first kappa shape index (κ1) is 19.7. The second-order valence-electron chi connectivity index (χ2n) is 7.38. The number of benzene rings is 1. The number of fused-ring (bicyclic) bond motifs is 1. The molecule has 1 unspecified atom stereocenters. The molecule has 10 heteroatoms. The molecule has 2 aromatic rings. The van der Waals surface area contributed by atoms with Crippen LogP contribution < -0.4 is 15.4 Å². The number of halogens is 4. The number of ether oxygens (including phenoxy) is 1. The standard InChI is InChI=1S/C19H20F4N4O2/c1-18(19(21,22)23)12-26-16(28)14(20)15(25-7-9-29-10-8-25)24-17(26)27(18)11-13-5-3-2-4-6-13/h2-6H,7-12H2,1H3. The second-order valence-corrected chi connectivity index (χ2v) is 7.38. The van der Waals surface area contributed by atoms with E-state index in [1.165, 1.54) is 4.90 Å². The molecule has 0 saturated carbocycles. The Hall–Kier alpha value is -2.62. The van der Waals surface area contributed by atoms with Crippen LogP contribution in [0.2, 0.25) is 0 Å². The van der Waals surface area contributed by atoms with Crippen molar-refractivity contribution >= 4 is 11.8 Å². The van der Waals surface area contributed by atoms with Gasteiger partial charge in [-0.05, 0) is 12.5 Å². The molecule has 0 radical (unpaired) electrons. The van der Waals surface area contributed by atoms with Crippen LogP contribution >= 0.6 is 0 Å². The summed E-state index contributed by atoms with van der Waals surface area (Å²) in [5.74, 6) is -1.54. The summed E-state index contributed by atoms with van der Waals surface area (Å²) in [4.78, 5) is 19.4. The fraction of sp³-hybridized carbons (Fsp3) is 0.474. The van der Waals surface area contributed by atoms with E-state index in [2.05, 4.69) is 4.98 Å². The van der Waals surface area contributed by atoms with Crippen LogP contribution in [0.4, 0.5) is 29.3 Å². The van der Waals surface area contributed by atoms with Crippen molar-refractivity contribution in [1.29, 1.82) is 0 Å². The molecule has 1 fully saturated rings. The third-order valence-electron chi connectivity index (χ3n) is 5.48. The van der Waals surface area contributed by atoms with Gasteiger partial charge < -0.3 is 14.5 Å². The van der Waals surface area contributed by atoms with E-state index < -0.39 is 29.6 Å². The molecule has 0 N–H and O–H groups in total. The van der Waals surface area contributed by atoms with Crippen molar-refractivity contribution in [3.05, 3.63) is 52.1 Å². The average molecular weight is 412 g/mol. The fourth-order valence-corrected chi connectivity index (χ4v) is 3.71. The molecule has 0 bridgehead atoms. The Labute approximate surface area is 164 Å². The van der Waals surface area contributed by atoms with Crippen molar-refractivity contribution in [2.75, 3.05) is 36.1 Å². The number of hydrogen-bond donors (Lipinski definition) is 0. The summed E-state index contributed by atoms with van der Waals surface area (Å²) < 4.78 is 62.9. The maximum Gasteiger partial charge on any atom is 0.413 e. The number of rotatable bonds is 3. The molecule has 0 amide bonds. The maximum absolute atomic E-state index is 14.8. The number of hydrogen-bond acceptors (Lipinski definition) is 5. The lowest BCUT2D eigenvalue weighted by Gasteiger charge is -2.37. The van der Waals surface area contributed by atoms with Gasteiger partial charge in [0, 0.05) is 19.6 Å².